The summed E-state index contributed by atoms with van der Waals surface area (Å²) in [6.45, 7) is 6.80. The molecule has 29 heavy (non-hydrogen) atoms. The highest BCUT2D eigenvalue weighted by atomic mass is 127. The molecule has 0 saturated heterocycles. The van der Waals surface area contributed by atoms with Crippen molar-refractivity contribution in [2.24, 2.45) is 4.99 Å². The van der Waals surface area contributed by atoms with Crippen LogP contribution < -0.4 is 5.32 Å². The number of fused-ring (bicyclic) bond motifs is 1. The molecule has 1 atom stereocenters. The Bertz CT molecular complexity index is 753. The molecule has 0 radical (unpaired) electrons. The van der Waals surface area contributed by atoms with Crippen molar-refractivity contribution in [3.05, 3.63) is 57.8 Å². The molecular weight excluding hydrogens is 495 g/mol. The molecule has 0 aliphatic carbocycles. The van der Waals surface area contributed by atoms with E-state index in [1.807, 2.05) is 0 Å². The van der Waals surface area contributed by atoms with Crippen molar-refractivity contribution in [3.63, 3.8) is 0 Å². The maximum absolute atomic E-state index is 10.5. The molecule has 0 amide bonds. The lowest BCUT2D eigenvalue weighted by Gasteiger charge is -2.30. The number of nitrogens with one attached hydrogen (secondary N) is 1. The van der Waals surface area contributed by atoms with Gasteiger partial charge in [-0.05, 0) is 42.3 Å². The van der Waals surface area contributed by atoms with Crippen LogP contribution in [0.3, 0.4) is 0 Å². The normalized spacial score (nSPS) is 15.3. The first kappa shape index (κ1) is 24.1. The zero-order valence-electron chi connectivity index (χ0n) is 17.4. The summed E-state index contributed by atoms with van der Waals surface area (Å²) in [7, 11) is 2.06. The second-order valence-electron chi connectivity index (χ2n) is 7.35. The number of halogens is 1. The number of aliphatic hydroxyl groups excluding tert-OH is 1. The van der Waals surface area contributed by atoms with Gasteiger partial charge in [-0.15, -0.1) is 35.3 Å². The molecule has 0 spiro atoms. The third kappa shape index (κ3) is 7.55. The minimum atomic E-state index is -0.454. The van der Waals surface area contributed by atoms with Gasteiger partial charge in [0.25, 0.3) is 0 Å². The number of guanidine groups is 1. The number of rotatable bonds is 8. The third-order valence-electron chi connectivity index (χ3n) is 5.10. The molecule has 2 heterocycles. The van der Waals surface area contributed by atoms with Crippen LogP contribution in [0.15, 0.2) is 46.8 Å². The average Bonchev–Trinajstić information content (AvgIpc) is 3.23. The molecule has 160 valence electrons. The van der Waals surface area contributed by atoms with Gasteiger partial charge < -0.3 is 15.3 Å². The van der Waals surface area contributed by atoms with Crippen molar-refractivity contribution in [2.45, 2.75) is 32.4 Å². The Hall–Kier alpha value is -1.16. The van der Waals surface area contributed by atoms with Gasteiger partial charge in [0.15, 0.2) is 5.96 Å². The number of nitrogens with zero attached hydrogens (tertiary/aromatic N) is 3. The Kier molecular flexibility index (Phi) is 10.4. The van der Waals surface area contributed by atoms with E-state index in [0.717, 1.165) is 45.0 Å². The van der Waals surface area contributed by atoms with Gasteiger partial charge in [0, 0.05) is 44.6 Å². The first-order valence-electron chi connectivity index (χ1n) is 10.1. The number of thiophene rings is 1. The van der Waals surface area contributed by atoms with E-state index < -0.39 is 6.10 Å². The maximum atomic E-state index is 10.5. The molecule has 1 aliphatic rings. The summed E-state index contributed by atoms with van der Waals surface area (Å²) in [5.41, 5.74) is 2.82. The largest absolute Gasteiger partial charge is 0.390 e. The minimum Gasteiger partial charge on any atom is -0.390 e. The van der Waals surface area contributed by atoms with E-state index in [4.69, 9.17) is 0 Å². The van der Waals surface area contributed by atoms with E-state index in [9.17, 15) is 5.11 Å². The van der Waals surface area contributed by atoms with Crippen LogP contribution in [0.5, 0.6) is 0 Å². The van der Waals surface area contributed by atoms with Gasteiger partial charge >= 0.3 is 0 Å². The number of likely N-dealkylation sites (N-methyl/N-ethyl adjacent to an activating group) is 1. The van der Waals surface area contributed by atoms with Gasteiger partial charge in [0.1, 0.15) is 0 Å². The lowest BCUT2D eigenvalue weighted by molar-refractivity contribution is 0.111. The smallest absolute Gasteiger partial charge is 0.193 e. The summed E-state index contributed by atoms with van der Waals surface area (Å²) in [5.74, 6) is 0.863. The van der Waals surface area contributed by atoms with E-state index in [-0.39, 0.29) is 24.0 Å². The zero-order chi connectivity index (χ0) is 19.8. The van der Waals surface area contributed by atoms with Crippen molar-refractivity contribution in [1.82, 2.24) is 15.1 Å². The van der Waals surface area contributed by atoms with E-state index in [0.29, 0.717) is 13.1 Å². The first-order chi connectivity index (χ1) is 13.7. The standard InChI is InChI=1S/C22H32N4OS.HI/c1-3-23-22(25(2)12-11-21-9-6-14-28-21)24-15-20(27)17-26-13-10-18-7-4-5-8-19(18)16-26;/h4-9,14,20,27H,3,10-13,15-17H2,1-2H3,(H,23,24);1H. The van der Waals surface area contributed by atoms with Crippen LogP contribution in [0.2, 0.25) is 0 Å². The molecule has 5 nitrogen and oxygen atoms in total. The van der Waals surface area contributed by atoms with E-state index in [1.54, 1.807) is 11.3 Å². The van der Waals surface area contributed by atoms with E-state index >= 15 is 0 Å². The maximum Gasteiger partial charge on any atom is 0.193 e. The predicted octanol–water partition coefficient (Wildman–Crippen LogP) is 3.23. The van der Waals surface area contributed by atoms with Crippen LogP contribution in [-0.4, -0.2) is 66.7 Å². The van der Waals surface area contributed by atoms with Crippen molar-refractivity contribution < 1.29 is 5.11 Å². The Morgan fingerprint density at radius 1 is 1.28 bits per heavy atom. The highest BCUT2D eigenvalue weighted by molar-refractivity contribution is 14.0. The highest BCUT2D eigenvalue weighted by Gasteiger charge is 2.18. The summed E-state index contributed by atoms with van der Waals surface area (Å²) in [4.78, 5) is 10.5. The molecule has 0 bridgehead atoms. The summed E-state index contributed by atoms with van der Waals surface area (Å²) < 4.78 is 0. The number of benzene rings is 1. The van der Waals surface area contributed by atoms with Crippen LogP contribution in [0.4, 0.5) is 0 Å². The van der Waals surface area contributed by atoms with Gasteiger partial charge in [0.05, 0.1) is 12.6 Å². The number of hydrogen-bond donors (Lipinski definition) is 2. The molecule has 2 N–H and O–H groups in total. The fourth-order valence-corrected chi connectivity index (χ4v) is 4.26. The predicted molar refractivity (Wildman–Crippen MR) is 133 cm³/mol. The molecular formula is C22H33IN4OS. The van der Waals surface area contributed by atoms with Crippen LogP contribution in [0.1, 0.15) is 22.9 Å². The minimum absolute atomic E-state index is 0. The fourth-order valence-electron chi connectivity index (χ4n) is 3.57. The summed E-state index contributed by atoms with van der Waals surface area (Å²) in [6.07, 6.45) is 1.61. The van der Waals surface area contributed by atoms with Crippen LogP contribution >= 0.6 is 35.3 Å². The van der Waals surface area contributed by atoms with E-state index in [1.165, 1.54) is 16.0 Å². The molecule has 1 aromatic carbocycles. The van der Waals surface area contributed by atoms with Crippen LogP contribution in [0, 0.1) is 0 Å². The number of aliphatic hydroxyl groups is 1. The number of β-amino-alcohol motifs (C(OH)–C–C–N with tert-alkyl or cyclic N) is 1. The van der Waals surface area contributed by atoms with Gasteiger partial charge in [-0.25, -0.2) is 0 Å². The topological polar surface area (TPSA) is 51.1 Å². The molecule has 0 fully saturated rings. The monoisotopic (exact) mass is 528 g/mol. The summed E-state index contributed by atoms with van der Waals surface area (Å²) >= 11 is 1.79. The second kappa shape index (κ2) is 12.5. The van der Waals surface area contributed by atoms with Gasteiger partial charge in [-0.3, -0.25) is 9.89 Å². The van der Waals surface area contributed by atoms with Gasteiger partial charge in [0.2, 0.25) is 0 Å². The number of hydrogen-bond acceptors (Lipinski definition) is 4. The second-order valence-corrected chi connectivity index (χ2v) is 8.39. The Morgan fingerprint density at radius 2 is 2.07 bits per heavy atom. The van der Waals surface area contributed by atoms with Crippen molar-refractivity contribution in [3.8, 4) is 0 Å². The lowest BCUT2D eigenvalue weighted by atomic mass is 10.00. The van der Waals surface area contributed by atoms with Crippen molar-refractivity contribution >= 4 is 41.3 Å². The fraction of sp³-hybridized carbons (Fsp3) is 0.500. The Balaban J connectivity index is 0.00000300. The molecule has 3 rings (SSSR count). The SMILES string of the molecule is CCNC(=NCC(O)CN1CCc2ccccc2C1)N(C)CCc1cccs1.I. The highest BCUT2D eigenvalue weighted by Crippen LogP contribution is 2.18. The summed E-state index contributed by atoms with van der Waals surface area (Å²) in [6, 6.07) is 12.9. The molecule has 0 saturated carbocycles. The zero-order valence-corrected chi connectivity index (χ0v) is 20.5. The molecule has 1 aliphatic heterocycles. The van der Waals surface area contributed by atoms with E-state index in [2.05, 4.69) is 75.9 Å². The van der Waals surface area contributed by atoms with Crippen LogP contribution in [-0.2, 0) is 19.4 Å². The van der Waals surface area contributed by atoms with Gasteiger partial charge in [-0.2, -0.15) is 0 Å². The first-order valence-corrected chi connectivity index (χ1v) is 11.0. The molecule has 2 aromatic rings. The Morgan fingerprint density at radius 3 is 2.79 bits per heavy atom. The number of aliphatic imine (C=N–C) groups is 1. The molecule has 7 heteroatoms. The van der Waals surface area contributed by atoms with Crippen molar-refractivity contribution in [1.29, 1.82) is 0 Å². The lowest BCUT2D eigenvalue weighted by Crippen LogP contribution is -2.41. The molecule has 1 aromatic heterocycles. The van der Waals surface area contributed by atoms with Gasteiger partial charge in [-0.1, -0.05) is 30.3 Å². The Labute approximate surface area is 195 Å². The van der Waals surface area contributed by atoms with Crippen LogP contribution in [0.25, 0.3) is 0 Å². The molecule has 1 unspecified atom stereocenters. The van der Waals surface area contributed by atoms with Crippen molar-refractivity contribution in [2.75, 3.05) is 39.8 Å². The quantitative estimate of drug-likeness (QED) is 0.314. The average molecular weight is 529 g/mol. The third-order valence-corrected chi connectivity index (χ3v) is 6.04. The summed E-state index contributed by atoms with van der Waals surface area (Å²) in [5, 5.41) is 16.0.